The molecule has 1 heterocycles. The number of carbonyl (C=O) groups is 1. The fraction of sp³-hybridized carbons (Fsp3) is 0.182. The molecule has 1 atom stereocenters. The fourth-order valence-corrected chi connectivity index (χ4v) is 2.16. The Morgan fingerprint density at radius 3 is 2.94 bits per heavy atom. The first-order valence-corrected chi connectivity index (χ1v) is 5.62. The SMILES string of the molecule is NCC(C(=O)O)c1ccc2c(Br)c[nH]c2c1. The molecule has 0 aliphatic heterocycles. The maximum absolute atomic E-state index is 11.0. The maximum Gasteiger partial charge on any atom is 0.312 e. The second-order valence-corrected chi connectivity index (χ2v) is 4.42. The molecule has 16 heavy (non-hydrogen) atoms. The van der Waals surface area contributed by atoms with Crippen LogP contribution in [0.4, 0.5) is 0 Å². The lowest BCUT2D eigenvalue weighted by atomic mass is 9.98. The van der Waals surface area contributed by atoms with Gasteiger partial charge >= 0.3 is 5.97 Å². The van der Waals surface area contributed by atoms with Gasteiger partial charge in [-0.3, -0.25) is 4.79 Å². The molecule has 0 saturated heterocycles. The van der Waals surface area contributed by atoms with Crippen molar-refractivity contribution in [3.63, 3.8) is 0 Å². The van der Waals surface area contributed by atoms with E-state index >= 15 is 0 Å². The van der Waals surface area contributed by atoms with Crippen molar-refractivity contribution in [1.29, 1.82) is 0 Å². The van der Waals surface area contributed by atoms with Gasteiger partial charge in [-0.15, -0.1) is 0 Å². The number of aromatic amines is 1. The Morgan fingerprint density at radius 1 is 1.56 bits per heavy atom. The maximum atomic E-state index is 11.0. The lowest BCUT2D eigenvalue weighted by molar-refractivity contribution is -0.138. The zero-order valence-corrected chi connectivity index (χ0v) is 9.99. The summed E-state index contributed by atoms with van der Waals surface area (Å²) in [7, 11) is 0. The molecule has 0 aliphatic rings. The van der Waals surface area contributed by atoms with Crippen LogP contribution in [0.15, 0.2) is 28.9 Å². The van der Waals surface area contributed by atoms with Crippen LogP contribution in [0.1, 0.15) is 11.5 Å². The topological polar surface area (TPSA) is 79.1 Å². The van der Waals surface area contributed by atoms with Crippen LogP contribution in [0.5, 0.6) is 0 Å². The van der Waals surface area contributed by atoms with Gasteiger partial charge in [0.25, 0.3) is 0 Å². The minimum absolute atomic E-state index is 0.0999. The van der Waals surface area contributed by atoms with Crippen LogP contribution in [0.25, 0.3) is 10.9 Å². The summed E-state index contributed by atoms with van der Waals surface area (Å²) >= 11 is 3.40. The normalized spacial score (nSPS) is 12.9. The molecule has 0 bridgehead atoms. The Bertz CT molecular complexity index is 536. The standard InChI is InChI=1S/C11H11BrN2O2/c12-9-5-14-10-3-6(1-2-7(9)10)8(4-13)11(15)16/h1-3,5,8,14H,4,13H2,(H,15,16). The number of fused-ring (bicyclic) bond motifs is 1. The third-order valence-corrected chi connectivity index (χ3v) is 3.25. The summed E-state index contributed by atoms with van der Waals surface area (Å²) < 4.78 is 0.966. The minimum atomic E-state index is -0.896. The number of nitrogens with one attached hydrogen (secondary N) is 1. The van der Waals surface area contributed by atoms with Gasteiger partial charge in [0.15, 0.2) is 0 Å². The van der Waals surface area contributed by atoms with Gasteiger partial charge in [0.05, 0.1) is 5.92 Å². The highest BCUT2D eigenvalue weighted by atomic mass is 79.9. The summed E-state index contributed by atoms with van der Waals surface area (Å²) in [4.78, 5) is 14.0. The van der Waals surface area contributed by atoms with Crippen LogP contribution in [-0.2, 0) is 4.79 Å². The Kier molecular flexibility index (Phi) is 2.98. The van der Waals surface area contributed by atoms with E-state index < -0.39 is 11.9 Å². The van der Waals surface area contributed by atoms with Gasteiger partial charge in [0, 0.05) is 28.1 Å². The minimum Gasteiger partial charge on any atom is -0.481 e. The van der Waals surface area contributed by atoms with E-state index in [0.29, 0.717) is 0 Å². The van der Waals surface area contributed by atoms with Gasteiger partial charge in [-0.1, -0.05) is 12.1 Å². The highest BCUT2D eigenvalue weighted by Crippen LogP contribution is 2.26. The van der Waals surface area contributed by atoms with Crippen molar-refractivity contribution in [2.45, 2.75) is 5.92 Å². The first-order chi connectivity index (χ1) is 7.63. The van der Waals surface area contributed by atoms with E-state index in [4.69, 9.17) is 10.8 Å². The fourth-order valence-electron chi connectivity index (χ4n) is 1.70. The van der Waals surface area contributed by atoms with Crippen LogP contribution < -0.4 is 5.73 Å². The molecule has 5 heteroatoms. The number of H-pyrrole nitrogens is 1. The van der Waals surface area contributed by atoms with Gasteiger partial charge in [0.1, 0.15) is 0 Å². The van der Waals surface area contributed by atoms with E-state index in [1.807, 2.05) is 18.3 Å². The second-order valence-electron chi connectivity index (χ2n) is 3.57. The van der Waals surface area contributed by atoms with E-state index in [1.54, 1.807) is 6.07 Å². The zero-order valence-electron chi connectivity index (χ0n) is 8.40. The van der Waals surface area contributed by atoms with Crippen molar-refractivity contribution >= 4 is 32.8 Å². The van der Waals surface area contributed by atoms with Crippen LogP contribution in [0.2, 0.25) is 0 Å². The number of halogens is 1. The predicted octanol–water partition coefficient (Wildman–Crippen LogP) is 2.06. The number of carboxylic acids is 1. The van der Waals surface area contributed by atoms with E-state index in [1.165, 1.54) is 0 Å². The Hall–Kier alpha value is -1.33. The summed E-state index contributed by atoms with van der Waals surface area (Å²) in [5.41, 5.74) is 7.08. The molecule has 0 radical (unpaired) electrons. The molecule has 0 amide bonds. The first kappa shape index (κ1) is 11.2. The van der Waals surface area contributed by atoms with Crippen LogP contribution in [0.3, 0.4) is 0 Å². The number of aliphatic carboxylic acids is 1. The van der Waals surface area contributed by atoms with Gasteiger partial charge in [-0.25, -0.2) is 0 Å². The van der Waals surface area contributed by atoms with Crippen LogP contribution in [-0.4, -0.2) is 22.6 Å². The van der Waals surface area contributed by atoms with Crippen molar-refractivity contribution in [3.8, 4) is 0 Å². The molecule has 2 aromatic rings. The molecular weight excluding hydrogens is 272 g/mol. The highest BCUT2D eigenvalue weighted by Gasteiger charge is 2.18. The van der Waals surface area contributed by atoms with E-state index in [9.17, 15) is 4.79 Å². The van der Waals surface area contributed by atoms with Crippen molar-refractivity contribution in [2.75, 3.05) is 6.54 Å². The predicted molar refractivity (Wildman–Crippen MR) is 65.4 cm³/mol. The summed E-state index contributed by atoms with van der Waals surface area (Å²) in [6.45, 7) is 0.0999. The lowest BCUT2D eigenvalue weighted by Gasteiger charge is -2.09. The first-order valence-electron chi connectivity index (χ1n) is 4.83. The molecule has 1 unspecified atom stereocenters. The number of nitrogens with two attached hydrogens (primary N) is 1. The number of carboxylic acid groups (broad SMARTS) is 1. The molecule has 0 fully saturated rings. The van der Waals surface area contributed by atoms with Gasteiger partial charge in [-0.05, 0) is 27.6 Å². The van der Waals surface area contributed by atoms with Crippen LogP contribution in [0, 0.1) is 0 Å². The van der Waals surface area contributed by atoms with Crippen molar-refractivity contribution in [2.24, 2.45) is 5.73 Å². The molecule has 0 spiro atoms. The van der Waals surface area contributed by atoms with Crippen molar-refractivity contribution in [1.82, 2.24) is 4.98 Å². The number of hydrogen-bond donors (Lipinski definition) is 3. The summed E-state index contributed by atoms with van der Waals surface area (Å²) in [6, 6.07) is 5.51. The second kappa shape index (κ2) is 4.27. The summed E-state index contributed by atoms with van der Waals surface area (Å²) in [5, 5.41) is 10.0. The lowest BCUT2D eigenvalue weighted by Crippen LogP contribution is -2.20. The highest BCUT2D eigenvalue weighted by molar-refractivity contribution is 9.10. The monoisotopic (exact) mass is 282 g/mol. The van der Waals surface area contributed by atoms with Crippen molar-refractivity contribution in [3.05, 3.63) is 34.4 Å². The molecule has 4 N–H and O–H groups in total. The largest absolute Gasteiger partial charge is 0.481 e. The van der Waals surface area contributed by atoms with Gasteiger partial charge in [0.2, 0.25) is 0 Å². The zero-order chi connectivity index (χ0) is 11.7. The number of benzene rings is 1. The smallest absolute Gasteiger partial charge is 0.312 e. The average molecular weight is 283 g/mol. The molecule has 84 valence electrons. The molecule has 0 aliphatic carbocycles. The van der Waals surface area contributed by atoms with Gasteiger partial charge in [-0.2, -0.15) is 0 Å². The van der Waals surface area contributed by atoms with E-state index in [-0.39, 0.29) is 6.54 Å². The molecule has 1 aromatic carbocycles. The van der Waals surface area contributed by atoms with E-state index in [2.05, 4.69) is 20.9 Å². The Morgan fingerprint density at radius 2 is 2.31 bits per heavy atom. The van der Waals surface area contributed by atoms with Crippen LogP contribution >= 0.6 is 15.9 Å². The number of hydrogen-bond acceptors (Lipinski definition) is 2. The quantitative estimate of drug-likeness (QED) is 0.806. The molecule has 2 rings (SSSR count). The third-order valence-electron chi connectivity index (χ3n) is 2.59. The molecular formula is C11H11BrN2O2. The molecule has 0 saturated carbocycles. The average Bonchev–Trinajstić information content (AvgIpc) is 2.61. The Balaban J connectivity index is 2.50. The number of rotatable bonds is 3. The number of aromatic nitrogens is 1. The van der Waals surface area contributed by atoms with Gasteiger partial charge < -0.3 is 15.8 Å². The van der Waals surface area contributed by atoms with Crippen molar-refractivity contribution < 1.29 is 9.90 Å². The summed E-state index contributed by atoms with van der Waals surface area (Å²) in [6.07, 6.45) is 1.83. The van der Waals surface area contributed by atoms with E-state index in [0.717, 1.165) is 20.9 Å². The molecule has 1 aromatic heterocycles. The molecule has 4 nitrogen and oxygen atoms in total. The third kappa shape index (κ3) is 1.83. The summed E-state index contributed by atoms with van der Waals surface area (Å²) in [5.74, 6) is -1.54. The Labute approximate surface area is 101 Å².